The number of aromatic nitrogens is 5. The van der Waals surface area contributed by atoms with E-state index in [-0.39, 0.29) is 5.76 Å². The second-order valence-corrected chi connectivity index (χ2v) is 7.51. The lowest BCUT2D eigenvalue weighted by Gasteiger charge is -2.05. The molecule has 1 aliphatic carbocycles. The Morgan fingerprint density at radius 1 is 1.36 bits per heavy atom. The highest BCUT2D eigenvalue weighted by Crippen LogP contribution is 2.28. The Morgan fingerprint density at radius 2 is 2.24 bits per heavy atom. The van der Waals surface area contributed by atoms with E-state index in [2.05, 4.69) is 20.2 Å². The third-order valence-electron chi connectivity index (χ3n) is 4.75. The number of aromatic amines is 1. The molecule has 0 atom stereocenters. The van der Waals surface area contributed by atoms with Crippen molar-refractivity contribution in [2.45, 2.75) is 50.2 Å². The molecule has 0 saturated heterocycles. The van der Waals surface area contributed by atoms with Crippen LogP contribution < -0.4 is 5.76 Å². The molecule has 1 fully saturated rings. The summed E-state index contributed by atoms with van der Waals surface area (Å²) in [4.78, 5) is 20.7. The number of H-pyrrole nitrogens is 1. The Kier molecular flexibility index (Phi) is 4.87. The number of pyridine rings is 1. The first-order valence-corrected chi connectivity index (χ1v) is 9.76. The van der Waals surface area contributed by atoms with Gasteiger partial charge in [0.25, 0.3) is 0 Å². The molecule has 0 spiro atoms. The fourth-order valence-corrected chi connectivity index (χ4v) is 4.16. The average Bonchev–Trinajstić information content (AvgIpc) is 3.34. The second kappa shape index (κ2) is 7.43. The molecular formula is C17H21N5O2S. The third kappa shape index (κ3) is 3.78. The zero-order chi connectivity index (χ0) is 17.1. The number of nitrogens with zero attached hydrogens (tertiary/aromatic N) is 4. The van der Waals surface area contributed by atoms with Crippen molar-refractivity contribution in [1.82, 2.24) is 24.7 Å². The first-order chi connectivity index (χ1) is 12.3. The summed E-state index contributed by atoms with van der Waals surface area (Å²) < 4.78 is 6.74. The largest absolute Gasteiger partial charge is 0.421 e. The van der Waals surface area contributed by atoms with E-state index < -0.39 is 0 Å². The Labute approximate surface area is 149 Å². The molecule has 0 unspecified atom stereocenters. The van der Waals surface area contributed by atoms with Gasteiger partial charge in [0, 0.05) is 24.9 Å². The van der Waals surface area contributed by atoms with E-state index in [1.54, 1.807) is 22.9 Å². The number of thioether (sulfide) groups is 1. The van der Waals surface area contributed by atoms with Crippen LogP contribution in [0.1, 0.15) is 37.9 Å². The quantitative estimate of drug-likeness (QED) is 0.652. The highest BCUT2D eigenvalue weighted by atomic mass is 32.2. The fourth-order valence-electron chi connectivity index (χ4n) is 3.42. The van der Waals surface area contributed by atoms with Crippen LogP contribution in [-0.2, 0) is 13.0 Å². The van der Waals surface area contributed by atoms with E-state index in [0.717, 1.165) is 23.3 Å². The molecule has 0 amide bonds. The molecule has 3 aromatic heterocycles. The molecule has 0 radical (unpaired) electrons. The van der Waals surface area contributed by atoms with Crippen molar-refractivity contribution in [3.63, 3.8) is 0 Å². The van der Waals surface area contributed by atoms with Gasteiger partial charge in [-0.25, -0.2) is 14.8 Å². The number of hydrogen-bond acceptors (Lipinski definition) is 6. The first-order valence-electron chi connectivity index (χ1n) is 8.78. The van der Waals surface area contributed by atoms with Gasteiger partial charge in [-0.3, -0.25) is 9.67 Å². The average molecular weight is 359 g/mol. The van der Waals surface area contributed by atoms with Gasteiger partial charge < -0.3 is 4.42 Å². The molecule has 4 rings (SSSR count). The van der Waals surface area contributed by atoms with Crippen molar-refractivity contribution in [2.24, 2.45) is 5.92 Å². The Bertz CT molecular complexity index is 894. The number of hydrogen-bond donors (Lipinski definition) is 1. The molecule has 0 bridgehead atoms. The van der Waals surface area contributed by atoms with E-state index in [4.69, 9.17) is 4.42 Å². The minimum atomic E-state index is -0.374. The van der Waals surface area contributed by atoms with Gasteiger partial charge in [0.2, 0.25) is 5.16 Å². The summed E-state index contributed by atoms with van der Waals surface area (Å²) in [5.41, 5.74) is 1.10. The van der Waals surface area contributed by atoms with Crippen LogP contribution >= 0.6 is 11.8 Å². The minimum absolute atomic E-state index is 0.374. The van der Waals surface area contributed by atoms with Gasteiger partial charge in [0.1, 0.15) is 5.82 Å². The molecular weight excluding hydrogens is 338 g/mol. The summed E-state index contributed by atoms with van der Waals surface area (Å²) in [5.74, 6) is 2.13. The van der Waals surface area contributed by atoms with Gasteiger partial charge in [-0.05, 0) is 24.5 Å². The van der Waals surface area contributed by atoms with E-state index >= 15 is 0 Å². The van der Waals surface area contributed by atoms with Crippen LogP contribution in [0.15, 0.2) is 32.7 Å². The lowest BCUT2D eigenvalue weighted by Crippen LogP contribution is -2.16. The zero-order valence-corrected chi connectivity index (χ0v) is 14.8. The molecule has 0 aromatic carbocycles. The van der Waals surface area contributed by atoms with Crippen molar-refractivity contribution in [3.8, 4) is 0 Å². The second-order valence-electron chi connectivity index (χ2n) is 6.45. The zero-order valence-electron chi connectivity index (χ0n) is 14.0. The summed E-state index contributed by atoms with van der Waals surface area (Å²) in [6.45, 7) is 0.513. The predicted octanol–water partition coefficient (Wildman–Crippen LogP) is 3.02. The topological polar surface area (TPSA) is 89.6 Å². The van der Waals surface area contributed by atoms with E-state index in [9.17, 15) is 4.79 Å². The molecule has 7 nitrogen and oxygen atoms in total. The minimum Gasteiger partial charge on any atom is -0.406 e. The maximum absolute atomic E-state index is 11.9. The summed E-state index contributed by atoms with van der Waals surface area (Å²) >= 11 is 1.53. The van der Waals surface area contributed by atoms with E-state index in [0.29, 0.717) is 23.5 Å². The molecule has 25 heavy (non-hydrogen) atoms. The molecule has 1 saturated carbocycles. The highest BCUT2D eigenvalue weighted by Gasteiger charge is 2.16. The standard InChI is InChI=1S/C17H21N5O2S/c23-17-22(15-13(24-17)6-3-9-18-15)10-11-25-16-19-14(20-21-16)8-7-12-4-1-2-5-12/h3,6,9,12H,1-2,4-5,7-8,10-11H2,(H,19,20,21). The van der Waals surface area contributed by atoms with Crippen LogP contribution in [0.2, 0.25) is 0 Å². The fraction of sp³-hybridized carbons (Fsp3) is 0.529. The van der Waals surface area contributed by atoms with E-state index in [1.165, 1.54) is 43.9 Å². The Hall–Kier alpha value is -2.09. The SMILES string of the molecule is O=c1oc2cccnc2n1CCSc1n[nH]c(CCC2CCCC2)n1. The van der Waals surface area contributed by atoms with Crippen LogP contribution in [-0.4, -0.2) is 30.5 Å². The van der Waals surface area contributed by atoms with Crippen molar-refractivity contribution in [1.29, 1.82) is 0 Å². The molecule has 0 aliphatic heterocycles. The van der Waals surface area contributed by atoms with E-state index in [1.807, 2.05) is 0 Å². The highest BCUT2D eigenvalue weighted by molar-refractivity contribution is 7.99. The Balaban J connectivity index is 1.31. The smallest absolute Gasteiger partial charge is 0.406 e. The molecule has 1 aliphatic rings. The maximum Gasteiger partial charge on any atom is 0.421 e. The summed E-state index contributed by atoms with van der Waals surface area (Å²) in [7, 11) is 0. The summed E-state index contributed by atoms with van der Waals surface area (Å²) in [6, 6.07) is 3.50. The number of oxazole rings is 1. The lowest BCUT2D eigenvalue weighted by atomic mass is 10.0. The van der Waals surface area contributed by atoms with Crippen LogP contribution in [0, 0.1) is 5.92 Å². The number of fused-ring (bicyclic) bond motifs is 1. The maximum atomic E-state index is 11.9. The first kappa shape index (κ1) is 16.4. The molecule has 3 aromatic rings. The van der Waals surface area contributed by atoms with Gasteiger partial charge in [-0.2, -0.15) is 0 Å². The Morgan fingerprint density at radius 3 is 3.12 bits per heavy atom. The van der Waals surface area contributed by atoms with Crippen LogP contribution in [0.4, 0.5) is 0 Å². The van der Waals surface area contributed by atoms with Gasteiger partial charge in [-0.15, -0.1) is 5.10 Å². The van der Waals surface area contributed by atoms with Gasteiger partial charge in [-0.1, -0.05) is 37.4 Å². The third-order valence-corrected chi connectivity index (χ3v) is 5.57. The van der Waals surface area contributed by atoms with Crippen molar-refractivity contribution >= 4 is 23.0 Å². The number of rotatable bonds is 7. The number of nitrogens with one attached hydrogen (secondary N) is 1. The normalized spacial score (nSPS) is 15.4. The predicted molar refractivity (Wildman–Crippen MR) is 95.7 cm³/mol. The number of aryl methyl sites for hydroxylation is 2. The molecule has 132 valence electrons. The van der Waals surface area contributed by atoms with Crippen LogP contribution in [0.3, 0.4) is 0 Å². The van der Waals surface area contributed by atoms with Gasteiger partial charge >= 0.3 is 5.76 Å². The molecule has 3 heterocycles. The lowest BCUT2D eigenvalue weighted by molar-refractivity contribution is 0.497. The molecule has 8 heteroatoms. The van der Waals surface area contributed by atoms with Crippen LogP contribution in [0.5, 0.6) is 0 Å². The van der Waals surface area contributed by atoms with Crippen molar-refractivity contribution in [2.75, 3.05) is 5.75 Å². The van der Waals surface area contributed by atoms with Gasteiger partial charge in [0.05, 0.1) is 0 Å². The monoisotopic (exact) mass is 359 g/mol. The van der Waals surface area contributed by atoms with Crippen LogP contribution in [0.25, 0.3) is 11.2 Å². The van der Waals surface area contributed by atoms with Gasteiger partial charge in [0.15, 0.2) is 11.2 Å². The summed E-state index contributed by atoms with van der Waals surface area (Å²) in [6.07, 6.45) is 9.29. The van der Waals surface area contributed by atoms with Crippen molar-refractivity contribution < 1.29 is 4.42 Å². The molecule has 1 N–H and O–H groups in total. The van der Waals surface area contributed by atoms with Crippen molar-refractivity contribution in [3.05, 3.63) is 34.7 Å². The summed E-state index contributed by atoms with van der Waals surface area (Å²) in [5, 5.41) is 8.03.